The molecule has 0 aliphatic carbocycles. The molecule has 1 amide bonds. The van der Waals surface area contributed by atoms with E-state index < -0.39 is 22.3 Å². The molecule has 0 aromatic heterocycles. The molecular formula is C10H13BrN2O4S. The van der Waals surface area contributed by atoms with Gasteiger partial charge in [-0.2, -0.15) is 13.1 Å². The maximum Gasteiger partial charge on any atom is 0.421 e. The maximum absolute atomic E-state index is 11.6. The number of carbonyl (C=O) groups excluding carboxylic acids is 1. The summed E-state index contributed by atoms with van der Waals surface area (Å²) in [6.45, 7) is 0. The maximum atomic E-state index is 11.6. The number of ether oxygens (including phenoxy) is 1. The Morgan fingerprint density at radius 3 is 2.50 bits per heavy atom. The predicted octanol–water partition coefficient (Wildman–Crippen LogP) is 1.31. The summed E-state index contributed by atoms with van der Waals surface area (Å²) in [5.74, 6) is 0. The minimum absolute atomic E-state index is 0.374. The molecule has 1 aromatic carbocycles. The highest BCUT2D eigenvalue weighted by Crippen LogP contribution is 2.15. The third-order valence-electron chi connectivity index (χ3n) is 2.06. The molecule has 0 fully saturated rings. The van der Waals surface area contributed by atoms with Gasteiger partial charge in [0.15, 0.2) is 0 Å². The largest absolute Gasteiger partial charge is 0.452 e. The molecule has 8 heteroatoms. The minimum Gasteiger partial charge on any atom is -0.452 e. The van der Waals surface area contributed by atoms with Crippen LogP contribution in [0.15, 0.2) is 30.3 Å². The van der Waals surface area contributed by atoms with Crippen molar-refractivity contribution in [3.05, 3.63) is 35.9 Å². The van der Waals surface area contributed by atoms with Crippen LogP contribution in [0.2, 0.25) is 0 Å². The van der Waals surface area contributed by atoms with Gasteiger partial charge >= 0.3 is 16.3 Å². The first-order chi connectivity index (χ1) is 8.48. The molecule has 1 aromatic rings. The highest BCUT2D eigenvalue weighted by Gasteiger charge is 2.20. The minimum atomic E-state index is -3.96. The summed E-state index contributed by atoms with van der Waals surface area (Å²) in [6, 6.07) is 8.52. The Kier molecular flexibility index (Phi) is 5.57. The zero-order valence-corrected chi connectivity index (χ0v) is 12.0. The van der Waals surface area contributed by atoms with Crippen LogP contribution in [0.5, 0.6) is 0 Å². The van der Waals surface area contributed by atoms with Gasteiger partial charge in [0.25, 0.3) is 0 Å². The normalized spacial score (nSPS) is 12.8. The second-order valence-corrected chi connectivity index (χ2v) is 5.43. The van der Waals surface area contributed by atoms with Gasteiger partial charge < -0.3 is 4.74 Å². The number of rotatable bonds is 5. The van der Waals surface area contributed by atoms with Crippen molar-refractivity contribution in [1.29, 1.82) is 0 Å². The third kappa shape index (κ3) is 4.63. The van der Waals surface area contributed by atoms with E-state index in [4.69, 9.17) is 0 Å². The highest BCUT2D eigenvalue weighted by molar-refractivity contribution is 9.09. The lowest BCUT2D eigenvalue weighted by atomic mass is 10.1. The number of methoxy groups -OCH3 is 1. The molecule has 0 saturated heterocycles. The molecule has 100 valence electrons. The van der Waals surface area contributed by atoms with Gasteiger partial charge in [0.05, 0.1) is 13.2 Å². The van der Waals surface area contributed by atoms with Crippen molar-refractivity contribution in [1.82, 2.24) is 9.44 Å². The first-order valence-corrected chi connectivity index (χ1v) is 7.58. The van der Waals surface area contributed by atoms with Crippen LogP contribution >= 0.6 is 15.9 Å². The van der Waals surface area contributed by atoms with E-state index >= 15 is 0 Å². The Bertz CT molecular complexity index is 492. The lowest BCUT2D eigenvalue weighted by Gasteiger charge is -2.16. The van der Waals surface area contributed by atoms with E-state index in [0.29, 0.717) is 5.33 Å². The fourth-order valence-corrected chi connectivity index (χ4v) is 2.95. The van der Waals surface area contributed by atoms with Gasteiger partial charge in [0.1, 0.15) is 0 Å². The number of nitrogens with one attached hydrogen (secondary N) is 2. The molecule has 0 saturated carbocycles. The second kappa shape index (κ2) is 6.72. The molecule has 0 spiro atoms. The van der Waals surface area contributed by atoms with Crippen molar-refractivity contribution in [3.8, 4) is 0 Å². The van der Waals surface area contributed by atoms with Gasteiger partial charge in [0.2, 0.25) is 0 Å². The topological polar surface area (TPSA) is 84.5 Å². The average molecular weight is 337 g/mol. The predicted molar refractivity (Wildman–Crippen MR) is 70.6 cm³/mol. The fraction of sp³-hybridized carbons (Fsp3) is 0.300. The van der Waals surface area contributed by atoms with Crippen molar-refractivity contribution < 1.29 is 17.9 Å². The van der Waals surface area contributed by atoms with Crippen LogP contribution in [0.1, 0.15) is 11.6 Å². The first kappa shape index (κ1) is 14.9. The molecule has 0 heterocycles. The molecule has 1 atom stereocenters. The number of amides is 1. The fourth-order valence-electron chi connectivity index (χ4n) is 1.24. The van der Waals surface area contributed by atoms with Gasteiger partial charge in [-0.3, -0.25) is 0 Å². The summed E-state index contributed by atoms with van der Waals surface area (Å²) in [6.07, 6.45) is -1.04. The first-order valence-electron chi connectivity index (χ1n) is 4.97. The van der Waals surface area contributed by atoms with E-state index in [-0.39, 0.29) is 0 Å². The number of hydrogen-bond donors (Lipinski definition) is 2. The van der Waals surface area contributed by atoms with Gasteiger partial charge in [-0.15, -0.1) is 0 Å². The zero-order chi connectivity index (χ0) is 13.6. The van der Waals surface area contributed by atoms with E-state index in [9.17, 15) is 13.2 Å². The molecule has 0 radical (unpaired) electrons. The molecular weight excluding hydrogens is 324 g/mol. The number of alkyl halides is 1. The number of halogens is 1. The number of carbonyl (C=O) groups is 1. The Morgan fingerprint density at radius 1 is 1.39 bits per heavy atom. The van der Waals surface area contributed by atoms with Crippen molar-refractivity contribution in [2.24, 2.45) is 0 Å². The summed E-state index contributed by atoms with van der Waals surface area (Å²) >= 11 is 3.22. The Labute approximate surface area is 114 Å². The molecule has 18 heavy (non-hydrogen) atoms. The Balaban J connectivity index is 2.78. The molecule has 0 bridgehead atoms. The summed E-state index contributed by atoms with van der Waals surface area (Å²) in [4.78, 5) is 10.9. The lowest BCUT2D eigenvalue weighted by molar-refractivity contribution is 0.177. The van der Waals surface area contributed by atoms with Crippen LogP contribution in [0.4, 0.5) is 4.79 Å². The van der Waals surface area contributed by atoms with Crippen LogP contribution in [0.25, 0.3) is 0 Å². The molecule has 6 nitrogen and oxygen atoms in total. The Morgan fingerprint density at radius 2 is 2.00 bits per heavy atom. The number of hydrogen-bond acceptors (Lipinski definition) is 4. The van der Waals surface area contributed by atoms with E-state index in [1.165, 1.54) is 0 Å². The zero-order valence-electron chi connectivity index (χ0n) is 9.59. The van der Waals surface area contributed by atoms with E-state index in [2.05, 4.69) is 25.4 Å². The van der Waals surface area contributed by atoms with Gasteiger partial charge in [-0.25, -0.2) is 9.52 Å². The van der Waals surface area contributed by atoms with Crippen LogP contribution in [0.3, 0.4) is 0 Å². The molecule has 1 rings (SSSR count). The van der Waals surface area contributed by atoms with E-state index in [0.717, 1.165) is 12.7 Å². The van der Waals surface area contributed by atoms with Gasteiger partial charge in [0, 0.05) is 5.33 Å². The van der Waals surface area contributed by atoms with E-state index in [1.54, 1.807) is 29.0 Å². The molecule has 0 aliphatic heterocycles. The summed E-state index contributed by atoms with van der Waals surface area (Å²) < 4.78 is 31.5. The van der Waals surface area contributed by atoms with Gasteiger partial charge in [-0.1, -0.05) is 46.3 Å². The van der Waals surface area contributed by atoms with Gasteiger partial charge in [-0.05, 0) is 5.56 Å². The highest BCUT2D eigenvalue weighted by atomic mass is 79.9. The molecule has 2 N–H and O–H groups in total. The standard InChI is InChI=1S/C10H13BrN2O4S/c1-17-10(14)13-18(15,16)12-9(7-11)8-5-3-2-4-6-8/h2-6,9,12H,7H2,1H3,(H,13,14). The monoisotopic (exact) mass is 336 g/mol. The van der Waals surface area contributed by atoms with Crippen LogP contribution in [-0.4, -0.2) is 27.0 Å². The average Bonchev–Trinajstić information content (AvgIpc) is 2.36. The summed E-state index contributed by atoms with van der Waals surface area (Å²) in [7, 11) is -2.87. The van der Waals surface area contributed by atoms with Crippen molar-refractivity contribution in [2.75, 3.05) is 12.4 Å². The summed E-state index contributed by atoms with van der Waals surface area (Å²) in [5.41, 5.74) is 0.782. The van der Waals surface area contributed by atoms with Crippen LogP contribution < -0.4 is 9.44 Å². The van der Waals surface area contributed by atoms with Crippen molar-refractivity contribution in [3.63, 3.8) is 0 Å². The van der Waals surface area contributed by atoms with E-state index in [1.807, 2.05) is 6.07 Å². The van der Waals surface area contributed by atoms with Crippen LogP contribution in [0, 0.1) is 0 Å². The lowest BCUT2D eigenvalue weighted by Crippen LogP contribution is -2.42. The smallest absolute Gasteiger partial charge is 0.421 e. The van der Waals surface area contributed by atoms with Crippen molar-refractivity contribution in [2.45, 2.75) is 6.04 Å². The van der Waals surface area contributed by atoms with Crippen molar-refractivity contribution >= 4 is 32.2 Å². The molecule has 0 aliphatic rings. The third-order valence-corrected chi connectivity index (χ3v) is 3.73. The number of benzene rings is 1. The Hall–Kier alpha value is -1.12. The summed E-state index contributed by atoms with van der Waals surface area (Å²) in [5, 5.41) is 0.374. The molecule has 1 unspecified atom stereocenters. The SMILES string of the molecule is COC(=O)NS(=O)(=O)NC(CBr)c1ccccc1. The van der Waals surface area contributed by atoms with Crippen LogP contribution in [-0.2, 0) is 14.9 Å². The second-order valence-electron chi connectivity index (χ2n) is 3.33. The quantitative estimate of drug-likeness (QED) is 0.794.